The summed E-state index contributed by atoms with van der Waals surface area (Å²) >= 11 is 1.26. The van der Waals surface area contributed by atoms with Crippen molar-refractivity contribution in [1.29, 1.82) is 0 Å². The second kappa shape index (κ2) is 6.86. The topological polar surface area (TPSA) is 80.6 Å². The SMILES string of the molecule is C=C(S/C(=C\N)c1ccccc1)c1nc2ccc(C)cn2c(=O)c1O. The van der Waals surface area contributed by atoms with Crippen molar-refractivity contribution in [3.8, 4) is 5.75 Å². The number of aromatic hydroxyl groups is 1. The zero-order valence-electron chi connectivity index (χ0n) is 13.6. The van der Waals surface area contributed by atoms with Crippen LogP contribution in [-0.4, -0.2) is 14.5 Å². The van der Waals surface area contributed by atoms with E-state index in [2.05, 4.69) is 11.6 Å². The van der Waals surface area contributed by atoms with Gasteiger partial charge in [0.15, 0.2) is 0 Å². The van der Waals surface area contributed by atoms with Gasteiger partial charge in [-0.25, -0.2) is 4.98 Å². The minimum absolute atomic E-state index is 0.161. The second-order valence-electron chi connectivity index (χ2n) is 5.47. The van der Waals surface area contributed by atoms with Crippen molar-refractivity contribution in [3.63, 3.8) is 0 Å². The van der Waals surface area contributed by atoms with E-state index in [1.807, 2.05) is 43.3 Å². The van der Waals surface area contributed by atoms with Gasteiger partial charge >= 0.3 is 5.56 Å². The third kappa shape index (κ3) is 3.29. The molecule has 0 bridgehead atoms. The molecule has 25 heavy (non-hydrogen) atoms. The highest BCUT2D eigenvalue weighted by molar-refractivity contribution is 8.16. The van der Waals surface area contributed by atoms with Crippen LogP contribution >= 0.6 is 11.8 Å². The van der Waals surface area contributed by atoms with Crippen molar-refractivity contribution in [1.82, 2.24) is 9.38 Å². The van der Waals surface area contributed by atoms with Crippen LogP contribution in [0.25, 0.3) is 15.5 Å². The van der Waals surface area contributed by atoms with E-state index in [1.54, 1.807) is 12.3 Å². The van der Waals surface area contributed by atoms with Gasteiger partial charge in [0.1, 0.15) is 11.3 Å². The van der Waals surface area contributed by atoms with Crippen molar-refractivity contribution in [2.75, 3.05) is 0 Å². The number of nitrogens with two attached hydrogens (primary N) is 1. The van der Waals surface area contributed by atoms with Crippen LogP contribution in [0, 0.1) is 6.92 Å². The summed E-state index contributed by atoms with van der Waals surface area (Å²) in [4.78, 5) is 18.0. The van der Waals surface area contributed by atoms with Crippen LogP contribution in [0.3, 0.4) is 0 Å². The molecule has 126 valence electrons. The first kappa shape index (κ1) is 16.9. The highest BCUT2D eigenvalue weighted by atomic mass is 32.2. The maximum Gasteiger partial charge on any atom is 0.300 e. The lowest BCUT2D eigenvalue weighted by atomic mass is 10.2. The lowest BCUT2D eigenvalue weighted by molar-refractivity contribution is 0.460. The average molecular weight is 351 g/mol. The van der Waals surface area contributed by atoms with E-state index in [0.29, 0.717) is 10.6 Å². The number of fused-ring (bicyclic) bond motifs is 1. The molecule has 6 heteroatoms. The van der Waals surface area contributed by atoms with Crippen LogP contribution in [0.5, 0.6) is 5.75 Å². The molecule has 2 aromatic heterocycles. The van der Waals surface area contributed by atoms with Crippen molar-refractivity contribution >= 4 is 27.2 Å². The van der Waals surface area contributed by atoms with E-state index in [-0.39, 0.29) is 5.69 Å². The summed E-state index contributed by atoms with van der Waals surface area (Å²) in [7, 11) is 0. The monoisotopic (exact) mass is 351 g/mol. The zero-order valence-corrected chi connectivity index (χ0v) is 14.5. The van der Waals surface area contributed by atoms with Gasteiger partial charge in [0.2, 0.25) is 5.75 Å². The van der Waals surface area contributed by atoms with Gasteiger partial charge in [0, 0.05) is 22.2 Å². The molecule has 0 aliphatic carbocycles. The number of hydrogen-bond donors (Lipinski definition) is 2. The maximum absolute atomic E-state index is 12.4. The number of benzene rings is 1. The molecule has 3 aromatic rings. The fourth-order valence-electron chi connectivity index (χ4n) is 2.40. The van der Waals surface area contributed by atoms with Crippen molar-refractivity contribution in [3.05, 3.63) is 88.6 Å². The summed E-state index contributed by atoms with van der Waals surface area (Å²) < 4.78 is 1.32. The Morgan fingerprint density at radius 2 is 2.00 bits per heavy atom. The maximum atomic E-state index is 12.4. The Morgan fingerprint density at radius 3 is 2.68 bits per heavy atom. The molecule has 0 spiro atoms. The van der Waals surface area contributed by atoms with Gasteiger partial charge in [0.05, 0.1) is 0 Å². The molecule has 0 saturated heterocycles. The van der Waals surface area contributed by atoms with Crippen molar-refractivity contribution in [2.24, 2.45) is 5.73 Å². The third-order valence-corrected chi connectivity index (χ3v) is 4.69. The van der Waals surface area contributed by atoms with E-state index in [9.17, 15) is 9.90 Å². The van der Waals surface area contributed by atoms with Gasteiger partial charge in [-0.3, -0.25) is 9.20 Å². The lowest BCUT2D eigenvalue weighted by Crippen LogP contribution is -2.16. The first-order valence-corrected chi connectivity index (χ1v) is 8.39. The normalized spacial score (nSPS) is 11.6. The number of thioether (sulfide) groups is 1. The van der Waals surface area contributed by atoms with Gasteiger partial charge in [-0.1, -0.05) is 54.7 Å². The molecule has 0 aliphatic rings. The van der Waals surface area contributed by atoms with Gasteiger partial charge in [-0.15, -0.1) is 0 Å². The molecule has 0 radical (unpaired) electrons. The summed E-state index contributed by atoms with van der Waals surface area (Å²) in [5.74, 6) is -0.426. The minimum Gasteiger partial charge on any atom is -0.501 e. The lowest BCUT2D eigenvalue weighted by Gasteiger charge is -2.11. The number of nitrogens with zero attached hydrogens (tertiary/aromatic N) is 2. The Bertz CT molecular complexity index is 1040. The Kier molecular flexibility index (Phi) is 4.63. The molecule has 3 N–H and O–H groups in total. The van der Waals surface area contributed by atoms with Crippen molar-refractivity contribution in [2.45, 2.75) is 6.92 Å². The minimum atomic E-state index is -0.525. The summed E-state index contributed by atoms with van der Waals surface area (Å²) in [5, 5.41) is 10.3. The quantitative estimate of drug-likeness (QED) is 0.753. The van der Waals surface area contributed by atoms with Gasteiger partial charge < -0.3 is 10.8 Å². The van der Waals surface area contributed by atoms with E-state index in [0.717, 1.165) is 16.0 Å². The van der Waals surface area contributed by atoms with E-state index >= 15 is 0 Å². The van der Waals surface area contributed by atoms with Crippen LogP contribution in [0.1, 0.15) is 16.8 Å². The van der Waals surface area contributed by atoms with Gasteiger partial charge in [-0.05, 0) is 24.1 Å². The van der Waals surface area contributed by atoms with Crippen LogP contribution in [-0.2, 0) is 0 Å². The second-order valence-corrected chi connectivity index (χ2v) is 6.61. The molecular formula is C19H17N3O2S. The number of aromatic nitrogens is 2. The molecule has 0 aliphatic heterocycles. The highest BCUT2D eigenvalue weighted by Gasteiger charge is 2.16. The number of aryl methyl sites for hydroxylation is 1. The molecule has 3 rings (SSSR count). The largest absolute Gasteiger partial charge is 0.501 e. The zero-order chi connectivity index (χ0) is 18.0. The molecular weight excluding hydrogens is 334 g/mol. The van der Waals surface area contributed by atoms with Crippen LogP contribution in [0.4, 0.5) is 0 Å². The Labute approximate surface area is 149 Å². The van der Waals surface area contributed by atoms with E-state index in [1.165, 1.54) is 22.4 Å². The van der Waals surface area contributed by atoms with E-state index < -0.39 is 11.3 Å². The summed E-state index contributed by atoms with van der Waals surface area (Å²) in [6.07, 6.45) is 3.11. The highest BCUT2D eigenvalue weighted by Crippen LogP contribution is 2.38. The predicted molar refractivity (Wildman–Crippen MR) is 103 cm³/mol. The van der Waals surface area contributed by atoms with Gasteiger partial charge in [-0.2, -0.15) is 0 Å². The molecule has 1 aromatic carbocycles. The van der Waals surface area contributed by atoms with Crippen molar-refractivity contribution < 1.29 is 5.11 Å². The Morgan fingerprint density at radius 1 is 1.28 bits per heavy atom. The first-order valence-electron chi connectivity index (χ1n) is 7.57. The van der Waals surface area contributed by atoms with Crippen LogP contribution in [0.15, 0.2) is 66.2 Å². The number of rotatable bonds is 4. The smallest absolute Gasteiger partial charge is 0.300 e. The van der Waals surface area contributed by atoms with E-state index in [4.69, 9.17) is 5.73 Å². The molecule has 0 saturated carbocycles. The Hall–Kier alpha value is -2.99. The third-order valence-electron chi connectivity index (χ3n) is 3.65. The molecule has 0 fully saturated rings. The molecule has 0 atom stereocenters. The molecule has 0 amide bonds. The van der Waals surface area contributed by atoms with Crippen LogP contribution in [0.2, 0.25) is 0 Å². The van der Waals surface area contributed by atoms with Gasteiger partial charge in [0.25, 0.3) is 0 Å². The molecule has 2 heterocycles. The molecule has 5 nitrogen and oxygen atoms in total. The summed E-state index contributed by atoms with van der Waals surface area (Å²) in [6, 6.07) is 13.2. The number of hydrogen-bond acceptors (Lipinski definition) is 5. The Balaban J connectivity index is 2.01. The predicted octanol–water partition coefficient (Wildman–Crippen LogP) is 3.37. The average Bonchev–Trinajstić information content (AvgIpc) is 2.63. The number of pyridine rings is 1. The first-order chi connectivity index (χ1) is 12.0. The molecule has 0 unspecified atom stereocenters. The standard InChI is InChI=1S/C19H17N3O2S/c1-12-8-9-16-21-17(18(23)19(24)22(16)11-12)13(2)25-15(10-20)14-6-4-3-5-7-14/h3-11,23H,2,20H2,1H3/b15-10-. The van der Waals surface area contributed by atoms with Crippen LogP contribution < -0.4 is 11.3 Å². The summed E-state index contributed by atoms with van der Waals surface area (Å²) in [6.45, 7) is 5.83. The fourth-order valence-corrected chi connectivity index (χ4v) is 3.23. The fraction of sp³-hybridized carbons (Fsp3) is 0.0526. The summed E-state index contributed by atoms with van der Waals surface area (Å²) in [5.41, 5.74) is 7.64.